The third kappa shape index (κ3) is 6.31. The number of rotatable bonds is 8. The molecule has 0 radical (unpaired) electrons. The maximum Gasteiger partial charge on any atom is 0.200 e. The Kier molecular flexibility index (Phi) is 7.13. The molecular formula is C17H35O3PSi. The largest absolute Gasteiger partial charge is 0.411 e. The minimum Gasteiger partial charge on any atom is -0.411 e. The molecule has 0 aromatic carbocycles. The zero-order valence-corrected chi connectivity index (χ0v) is 17.2. The highest BCUT2D eigenvalue weighted by Gasteiger charge is 2.39. The number of hydrogen-bond acceptors (Lipinski definition) is 2. The van der Waals surface area contributed by atoms with E-state index in [2.05, 4.69) is 39.9 Å². The molecule has 1 aliphatic rings. The minimum absolute atomic E-state index is 0.256. The van der Waals surface area contributed by atoms with Crippen LogP contribution >= 0.6 is 7.37 Å². The van der Waals surface area contributed by atoms with Crippen molar-refractivity contribution in [2.24, 2.45) is 0 Å². The Bertz CT molecular complexity index is 438. The monoisotopic (exact) mass is 346 g/mol. The van der Waals surface area contributed by atoms with Crippen molar-refractivity contribution in [2.75, 3.05) is 12.3 Å². The first kappa shape index (κ1) is 20.2. The normalized spacial score (nSPS) is 22.5. The third-order valence-electron chi connectivity index (χ3n) is 5.17. The fourth-order valence-electron chi connectivity index (χ4n) is 2.48. The standard InChI is InChI=1S/C17H35O3PSi/c1-7-21(18,19)13-9-8-10-15-11-12-16(14-15)20-22(5,6)17(2,3)4/h14,16H,7-13H2,1-6H3,(H,18,19). The summed E-state index contributed by atoms with van der Waals surface area (Å²) in [7, 11) is -4.51. The van der Waals surface area contributed by atoms with Crippen LogP contribution in [0.1, 0.15) is 59.8 Å². The van der Waals surface area contributed by atoms with Crippen LogP contribution in [0.3, 0.4) is 0 Å². The van der Waals surface area contributed by atoms with Crippen molar-refractivity contribution in [3.05, 3.63) is 11.6 Å². The Hall–Kier alpha value is 0.107. The van der Waals surface area contributed by atoms with Crippen LogP contribution in [0.4, 0.5) is 0 Å². The lowest BCUT2D eigenvalue weighted by Crippen LogP contribution is -2.43. The number of hydrogen-bond donors (Lipinski definition) is 1. The van der Waals surface area contributed by atoms with E-state index in [4.69, 9.17) is 4.43 Å². The zero-order valence-electron chi connectivity index (χ0n) is 15.3. The molecule has 0 aromatic heterocycles. The topological polar surface area (TPSA) is 46.5 Å². The molecule has 3 nitrogen and oxygen atoms in total. The molecule has 1 rings (SSSR count). The van der Waals surface area contributed by atoms with E-state index in [0.717, 1.165) is 32.1 Å². The summed E-state index contributed by atoms with van der Waals surface area (Å²) in [5, 5.41) is 0.256. The fourth-order valence-corrected chi connectivity index (χ4v) is 4.81. The summed E-state index contributed by atoms with van der Waals surface area (Å²) in [6, 6.07) is 0. The van der Waals surface area contributed by atoms with Crippen LogP contribution < -0.4 is 0 Å². The Morgan fingerprint density at radius 1 is 1.36 bits per heavy atom. The second kappa shape index (κ2) is 7.79. The quantitative estimate of drug-likeness (QED) is 0.271. The first-order valence-electron chi connectivity index (χ1n) is 8.65. The summed E-state index contributed by atoms with van der Waals surface area (Å²) < 4.78 is 18.1. The SMILES string of the molecule is CCP(=O)(O)CCCCC1=CC(O[Si](C)(C)C(C)(C)C)CC1. The Morgan fingerprint density at radius 2 is 2.00 bits per heavy atom. The minimum atomic E-state index is -2.83. The van der Waals surface area contributed by atoms with E-state index in [0.29, 0.717) is 12.3 Å². The highest BCUT2D eigenvalue weighted by atomic mass is 31.2. The van der Waals surface area contributed by atoms with Gasteiger partial charge in [-0.1, -0.05) is 39.3 Å². The third-order valence-corrected chi connectivity index (χ3v) is 11.7. The van der Waals surface area contributed by atoms with Crippen LogP contribution in [0.5, 0.6) is 0 Å². The van der Waals surface area contributed by atoms with Gasteiger partial charge in [0.15, 0.2) is 15.7 Å². The molecule has 0 bridgehead atoms. The van der Waals surface area contributed by atoms with E-state index in [-0.39, 0.29) is 11.1 Å². The molecule has 0 aliphatic heterocycles. The lowest BCUT2D eigenvalue weighted by molar-refractivity contribution is 0.224. The van der Waals surface area contributed by atoms with Gasteiger partial charge in [0.1, 0.15) is 0 Å². The Morgan fingerprint density at radius 3 is 2.55 bits per heavy atom. The molecule has 5 heteroatoms. The van der Waals surface area contributed by atoms with Crippen molar-refractivity contribution < 1.29 is 13.9 Å². The molecule has 0 saturated heterocycles. The van der Waals surface area contributed by atoms with Gasteiger partial charge in [0, 0.05) is 12.3 Å². The average Bonchev–Trinajstić information content (AvgIpc) is 2.80. The van der Waals surface area contributed by atoms with Crippen molar-refractivity contribution >= 4 is 15.7 Å². The van der Waals surface area contributed by atoms with Crippen molar-refractivity contribution in [1.82, 2.24) is 0 Å². The van der Waals surface area contributed by atoms with Crippen molar-refractivity contribution in [3.63, 3.8) is 0 Å². The first-order chi connectivity index (χ1) is 9.97. The molecule has 2 atom stereocenters. The molecule has 130 valence electrons. The van der Waals surface area contributed by atoms with Gasteiger partial charge in [0.2, 0.25) is 0 Å². The maximum atomic E-state index is 11.6. The molecule has 0 amide bonds. The summed E-state index contributed by atoms with van der Waals surface area (Å²) in [6.07, 6.45) is 8.64. The van der Waals surface area contributed by atoms with Crippen LogP contribution in [0.25, 0.3) is 0 Å². The fraction of sp³-hybridized carbons (Fsp3) is 0.882. The predicted octanol–water partition coefficient (Wildman–Crippen LogP) is 5.56. The molecule has 0 aromatic rings. The summed E-state index contributed by atoms with van der Waals surface area (Å²) >= 11 is 0. The van der Waals surface area contributed by atoms with Crippen LogP contribution in [-0.4, -0.2) is 31.6 Å². The van der Waals surface area contributed by atoms with Gasteiger partial charge in [-0.3, -0.25) is 4.57 Å². The summed E-state index contributed by atoms with van der Waals surface area (Å²) in [6.45, 7) is 13.2. The highest BCUT2D eigenvalue weighted by Crippen LogP contribution is 2.41. The van der Waals surface area contributed by atoms with Gasteiger partial charge in [-0.05, 0) is 50.2 Å². The lowest BCUT2D eigenvalue weighted by atomic mass is 10.1. The van der Waals surface area contributed by atoms with Crippen molar-refractivity contribution in [1.29, 1.82) is 0 Å². The zero-order chi connectivity index (χ0) is 17.0. The molecular weight excluding hydrogens is 311 g/mol. The van der Waals surface area contributed by atoms with Gasteiger partial charge in [0.05, 0.1) is 6.10 Å². The second-order valence-corrected chi connectivity index (χ2v) is 15.7. The van der Waals surface area contributed by atoms with Crippen LogP contribution in [0.15, 0.2) is 11.6 Å². The van der Waals surface area contributed by atoms with Crippen molar-refractivity contribution in [3.8, 4) is 0 Å². The van der Waals surface area contributed by atoms with Crippen molar-refractivity contribution in [2.45, 2.75) is 84.0 Å². The second-order valence-electron chi connectivity index (χ2n) is 8.12. The molecule has 1 N–H and O–H groups in total. The van der Waals surface area contributed by atoms with Crippen LogP contribution in [0.2, 0.25) is 18.1 Å². The number of allylic oxidation sites excluding steroid dienone is 1. The van der Waals surface area contributed by atoms with Gasteiger partial charge in [-0.25, -0.2) is 0 Å². The van der Waals surface area contributed by atoms with Gasteiger partial charge >= 0.3 is 0 Å². The van der Waals surface area contributed by atoms with E-state index in [9.17, 15) is 9.46 Å². The Labute approximate surface area is 138 Å². The van der Waals surface area contributed by atoms with E-state index >= 15 is 0 Å². The molecule has 2 unspecified atom stereocenters. The van der Waals surface area contributed by atoms with E-state index in [1.165, 1.54) is 5.57 Å². The lowest BCUT2D eigenvalue weighted by Gasteiger charge is -2.38. The Balaban J connectivity index is 2.38. The van der Waals surface area contributed by atoms with E-state index in [1.807, 2.05) is 0 Å². The molecule has 0 spiro atoms. The van der Waals surface area contributed by atoms with Crippen LogP contribution in [-0.2, 0) is 8.99 Å². The van der Waals surface area contributed by atoms with E-state index < -0.39 is 15.7 Å². The molecule has 0 fully saturated rings. The summed E-state index contributed by atoms with van der Waals surface area (Å²) in [5.41, 5.74) is 1.48. The van der Waals surface area contributed by atoms with Gasteiger partial charge in [-0.2, -0.15) is 0 Å². The van der Waals surface area contributed by atoms with Gasteiger partial charge < -0.3 is 9.32 Å². The summed E-state index contributed by atoms with van der Waals surface area (Å²) in [4.78, 5) is 9.59. The van der Waals surface area contributed by atoms with Crippen LogP contribution in [0, 0.1) is 0 Å². The molecule has 0 heterocycles. The smallest absolute Gasteiger partial charge is 0.200 e. The maximum absolute atomic E-state index is 11.6. The number of unbranched alkanes of at least 4 members (excludes halogenated alkanes) is 1. The average molecular weight is 347 g/mol. The molecule has 22 heavy (non-hydrogen) atoms. The highest BCUT2D eigenvalue weighted by molar-refractivity contribution is 7.57. The van der Waals surface area contributed by atoms with Gasteiger partial charge in [0.25, 0.3) is 0 Å². The molecule has 0 saturated carbocycles. The van der Waals surface area contributed by atoms with E-state index in [1.54, 1.807) is 6.92 Å². The predicted molar refractivity (Wildman–Crippen MR) is 98.5 cm³/mol. The molecule has 1 aliphatic carbocycles. The van der Waals surface area contributed by atoms with Gasteiger partial charge in [-0.15, -0.1) is 0 Å². The first-order valence-corrected chi connectivity index (χ1v) is 13.6. The summed E-state index contributed by atoms with van der Waals surface area (Å²) in [5.74, 6) is 0.